The van der Waals surface area contributed by atoms with Crippen molar-refractivity contribution in [1.82, 2.24) is 0 Å². The lowest BCUT2D eigenvalue weighted by molar-refractivity contribution is 0.0697. The molecule has 0 aliphatic heterocycles. The quantitative estimate of drug-likeness (QED) is 0.176. The van der Waals surface area contributed by atoms with Gasteiger partial charge in [0.1, 0.15) is 11.5 Å². The first-order valence-corrected chi connectivity index (χ1v) is 12.1. The number of allylic oxidation sites excluding steroid dienone is 1. The summed E-state index contributed by atoms with van der Waals surface area (Å²) in [6.45, 7) is 4.75. The zero-order chi connectivity index (χ0) is 24.4. The van der Waals surface area contributed by atoms with Crippen LogP contribution in [-0.2, 0) is 0 Å². The maximum absolute atomic E-state index is 12.1. The number of ether oxygens (including phenoxy) is 2. The smallest absolute Gasteiger partial charge is 0.336 e. The molecule has 0 fully saturated rings. The molecular formula is C31H28O4. The lowest BCUT2D eigenvalue weighted by atomic mass is 9.72. The minimum atomic E-state index is -0.917. The van der Waals surface area contributed by atoms with Gasteiger partial charge >= 0.3 is 5.97 Å². The normalized spacial score (nSPS) is 11.7. The van der Waals surface area contributed by atoms with Crippen molar-refractivity contribution in [1.29, 1.82) is 0 Å². The first-order chi connectivity index (χ1) is 17.1. The fourth-order valence-corrected chi connectivity index (χ4v) is 4.77. The fourth-order valence-electron chi connectivity index (χ4n) is 4.77. The summed E-state index contributed by atoms with van der Waals surface area (Å²) in [5.74, 6) is 0.674. The van der Waals surface area contributed by atoms with Gasteiger partial charge in [-0.2, -0.15) is 0 Å². The molecule has 4 heteroatoms. The summed E-state index contributed by atoms with van der Waals surface area (Å²) in [4.78, 5) is 12.1. The molecule has 0 unspecified atom stereocenters. The molecular weight excluding hydrogens is 436 g/mol. The van der Waals surface area contributed by atoms with Crippen molar-refractivity contribution in [3.63, 3.8) is 0 Å². The van der Waals surface area contributed by atoms with Gasteiger partial charge in [0.05, 0.1) is 18.4 Å². The number of hydrogen-bond acceptors (Lipinski definition) is 3. The van der Waals surface area contributed by atoms with E-state index in [4.69, 9.17) is 9.47 Å². The molecule has 0 saturated heterocycles. The summed E-state index contributed by atoms with van der Waals surface area (Å²) in [6.07, 6.45) is 7.10. The summed E-state index contributed by atoms with van der Waals surface area (Å²) >= 11 is 0. The molecule has 0 saturated carbocycles. The Balaban J connectivity index is 1.55. The van der Waals surface area contributed by atoms with E-state index in [1.54, 1.807) is 12.3 Å². The van der Waals surface area contributed by atoms with Gasteiger partial charge in [-0.25, -0.2) is 4.79 Å². The molecule has 1 aliphatic rings. The highest BCUT2D eigenvalue weighted by molar-refractivity contribution is 6.22. The van der Waals surface area contributed by atoms with Gasteiger partial charge in [-0.1, -0.05) is 49.7 Å². The largest absolute Gasteiger partial charge is 0.494 e. The second kappa shape index (κ2) is 9.67. The molecule has 0 atom stereocenters. The topological polar surface area (TPSA) is 55.8 Å². The van der Waals surface area contributed by atoms with Crippen LogP contribution in [0.3, 0.4) is 0 Å². The van der Waals surface area contributed by atoms with Crippen molar-refractivity contribution in [2.24, 2.45) is 0 Å². The molecule has 1 aliphatic carbocycles. The van der Waals surface area contributed by atoms with Gasteiger partial charge < -0.3 is 14.6 Å². The zero-order valence-corrected chi connectivity index (χ0v) is 20.0. The second-order valence-corrected chi connectivity index (χ2v) is 8.68. The van der Waals surface area contributed by atoms with Crippen LogP contribution in [0.5, 0.6) is 11.5 Å². The lowest BCUT2D eigenvalue weighted by Crippen LogP contribution is -2.10. The van der Waals surface area contributed by atoms with Crippen molar-refractivity contribution in [3.05, 3.63) is 84.6 Å². The van der Waals surface area contributed by atoms with E-state index in [0.717, 1.165) is 74.9 Å². The van der Waals surface area contributed by atoms with E-state index in [0.29, 0.717) is 12.2 Å². The summed E-state index contributed by atoms with van der Waals surface area (Å²) in [7, 11) is 0. The average Bonchev–Trinajstić information content (AvgIpc) is 2.86. The highest BCUT2D eigenvalue weighted by Crippen LogP contribution is 2.56. The van der Waals surface area contributed by atoms with E-state index in [2.05, 4.69) is 19.1 Å². The SMILES string of the molecule is CCCCC=COc1ccc2c3c(ccc2c1)-c1c(-c2ccc(OCC)cc2)ccc(C(=O)O)c1-3. The Kier molecular flexibility index (Phi) is 6.28. The van der Waals surface area contributed by atoms with Crippen LogP contribution in [0.2, 0.25) is 0 Å². The highest BCUT2D eigenvalue weighted by atomic mass is 16.5. The molecule has 0 radical (unpaired) electrons. The van der Waals surface area contributed by atoms with Crippen LogP contribution in [0.4, 0.5) is 0 Å². The van der Waals surface area contributed by atoms with Crippen molar-refractivity contribution < 1.29 is 19.4 Å². The first kappa shape index (κ1) is 22.7. The molecule has 0 amide bonds. The van der Waals surface area contributed by atoms with Gasteiger partial charge in [-0.3, -0.25) is 0 Å². The number of hydrogen-bond donors (Lipinski definition) is 1. The second-order valence-electron chi connectivity index (χ2n) is 8.68. The predicted molar refractivity (Wildman–Crippen MR) is 141 cm³/mol. The Morgan fingerprint density at radius 1 is 0.857 bits per heavy atom. The molecule has 176 valence electrons. The number of carbonyl (C=O) groups is 1. The van der Waals surface area contributed by atoms with Crippen molar-refractivity contribution in [2.45, 2.75) is 33.1 Å². The molecule has 0 spiro atoms. The number of fused-ring (bicyclic) bond motifs is 6. The third kappa shape index (κ3) is 4.17. The van der Waals surface area contributed by atoms with E-state index in [9.17, 15) is 9.90 Å². The lowest BCUT2D eigenvalue weighted by Gasteiger charge is -2.30. The Hall–Kier alpha value is -4.05. The number of benzene rings is 4. The Morgan fingerprint density at radius 2 is 1.63 bits per heavy atom. The molecule has 4 nitrogen and oxygen atoms in total. The minimum Gasteiger partial charge on any atom is -0.494 e. The molecule has 35 heavy (non-hydrogen) atoms. The van der Waals surface area contributed by atoms with Gasteiger partial charge in [-0.05, 0) is 94.8 Å². The standard InChI is InChI=1S/C31H28O4/c1-3-5-6-7-18-35-23-13-15-25-21(19-23)10-14-26-28-24(20-8-11-22(12-9-20)34-4-2)16-17-27(31(32)33)30(28)29(25)26/h7-19H,3-6H2,1-2H3,(H,32,33). The third-order valence-corrected chi connectivity index (χ3v) is 6.45. The maximum Gasteiger partial charge on any atom is 0.336 e. The summed E-state index contributed by atoms with van der Waals surface area (Å²) < 4.78 is 11.4. The van der Waals surface area contributed by atoms with Crippen LogP contribution in [-0.4, -0.2) is 17.7 Å². The van der Waals surface area contributed by atoms with Crippen molar-refractivity contribution >= 4 is 16.7 Å². The zero-order valence-electron chi connectivity index (χ0n) is 20.0. The summed E-state index contributed by atoms with van der Waals surface area (Å²) in [5, 5.41) is 12.0. The van der Waals surface area contributed by atoms with E-state index >= 15 is 0 Å². The predicted octanol–water partition coefficient (Wildman–Crippen LogP) is 8.33. The van der Waals surface area contributed by atoms with E-state index in [-0.39, 0.29) is 0 Å². The fraction of sp³-hybridized carbons (Fsp3) is 0.194. The summed E-state index contributed by atoms with van der Waals surface area (Å²) in [5.41, 5.74) is 6.25. The van der Waals surface area contributed by atoms with Crippen molar-refractivity contribution in [3.8, 4) is 44.9 Å². The Bertz CT molecular complexity index is 1430. The van der Waals surface area contributed by atoms with E-state index in [1.807, 2.05) is 61.5 Å². The molecule has 4 aromatic rings. The summed E-state index contributed by atoms with van der Waals surface area (Å²) in [6, 6.07) is 21.7. The van der Waals surface area contributed by atoms with Crippen LogP contribution in [0.15, 0.2) is 79.1 Å². The van der Waals surface area contributed by atoms with Gasteiger partial charge in [0.25, 0.3) is 0 Å². The number of unbranched alkanes of at least 4 members (excludes halogenated alkanes) is 2. The van der Waals surface area contributed by atoms with E-state index in [1.165, 1.54) is 0 Å². The third-order valence-electron chi connectivity index (χ3n) is 6.45. The Morgan fingerprint density at radius 3 is 2.37 bits per heavy atom. The molecule has 4 aromatic carbocycles. The highest BCUT2D eigenvalue weighted by Gasteiger charge is 2.32. The van der Waals surface area contributed by atoms with Gasteiger partial charge in [0.2, 0.25) is 0 Å². The average molecular weight is 465 g/mol. The van der Waals surface area contributed by atoms with Crippen LogP contribution >= 0.6 is 0 Å². The number of carboxylic acid groups (broad SMARTS) is 1. The van der Waals surface area contributed by atoms with Crippen molar-refractivity contribution in [2.75, 3.05) is 6.61 Å². The number of aromatic carboxylic acids is 1. The molecule has 0 aromatic heterocycles. The minimum absolute atomic E-state index is 0.328. The van der Waals surface area contributed by atoms with Crippen LogP contribution in [0.1, 0.15) is 43.5 Å². The van der Waals surface area contributed by atoms with Gasteiger partial charge in [-0.15, -0.1) is 0 Å². The molecule has 5 rings (SSSR count). The van der Waals surface area contributed by atoms with Gasteiger partial charge in [0.15, 0.2) is 0 Å². The molecule has 1 N–H and O–H groups in total. The monoisotopic (exact) mass is 464 g/mol. The van der Waals surface area contributed by atoms with Crippen LogP contribution in [0, 0.1) is 0 Å². The van der Waals surface area contributed by atoms with E-state index < -0.39 is 5.97 Å². The van der Waals surface area contributed by atoms with Gasteiger partial charge in [0, 0.05) is 5.56 Å². The first-order valence-electron chi connectivity index (χ1n) is 12.1. The van der Waals surface area contributed by atoms with Crippen LogP contribution in [0.25, 0.3) is 44.2 Å². The van der Waals surface area contributed by atoms with Crippen LogP contribution < -0.4 is 9.47 Å². The number of rotatable bonds is 9. The maximum atomic E-state index is 12.1. The Labute approximate surface area is 205 Å². The molecule has 0 bridgehead atoms. The number of carboxylic acids is 1. The molecule has 0 heterocycles.